The molecular weight excluding hydrogens is 214 g/mol. The average molecular weight is 225 g/mol. The average Bonchev–Trinajstić information content (AvgIpc) is 2.38. The second-order valence-corrected chi connectivity index (χ2v) is 4.30. The Kier molecular flexibility index (Phi) is 3.19. The Labute approximate surface area is 99.9 Å². The van der Waals surface area contributed by atoms with Crippen molar-refractivity contribution in [2.45, 2.75) is 9.79 Å². The lowest BCUT2D eigenvalue weighted by Crippen LogP contribution is -1.98. The number of rotatable bonds is 0. The molecular formula is C14H11NS. The number of anilines is 2. The highest BCUT2D eigenvalue weighted by Gasteiger charge is 2.13. The molecule has 1 nitrogen and oxygen atoms in total. The number of nitrogens with one attached hydrogen (secondary N) is 1. The molecule has 78 valence electrons. The van der Waals surface area contributed by atoms with Gasteiger partial charge in [-0.1, -0.05) is 36.0 Å². The first-order valence-corrected chi connectivity index (χ1v) is 5.71. The van der Waals surface area contributed by atoms with Crippen LogP contribution in [0.4, 0.5) is 11.4 Å². The largest absolute Gasteiger partial charge is 0.354 e. The summed E-state index contributed by atoms with van der Waals surface area (Å²) in [7, 11) is 0. The van der Waals surface area contributed by atoms with Crippen molar-refractivity contribution >= 4 is 23.1 Å². The van der Waals surface area contributed by atoms with Crippen LogP contribution in [0.25, 0.3) is 0 Å². The van der Waals surface area contributed by atoms with Gasteiger partial charge in [0.15, 0.2) is 0 Å². The van der Waals surface area contributed by atoms with E-state index in [9.17, 15) is 0 Å². The van der Waals surface area contributed by atoms with E-state index in [4.69, 9.17) is 0 Å². The Hall–Kier alpha value is -1.85. The number of hydrogen-bond donors (Lipinski definition) is 1. The van der Waals surface area contributed by atoms with Crippen molar-refractivity contribution < 1.29 is 0 Å². The third-order valence-corrected chi connectivity index (χ3v) is 3.42. The monoisotopic (exact) mass is 225 g/mol. The highest BCUT2D eigenvalue weighted by molar-refractivity contribution is 7.99. The van der Waals surface area contributed by atoms with Crippen LogP contribution in [-0.4, -0.2) is 0 Å². The van der Waals surface area contributed by atoms with E-state index in [-0.39, 0.29) is 0 Å². The van der Waals surface area contributed by atoms with Crippen LogP contribution in [0.3, 0.4) is 0 Å². The molecule has 0 fully saturated rings. The molecule has 0 spiro atoms. The van der Waals surface area contributed by atoms with Crippen molar-refractivity contribution in [3.63, 3.8) is 0 Å². The fraction of sp³-hybridized carbons (Fsp3) is 0. The summed E-state index contributed by atoms with van der Waals surface area (Å²) in [5.41, 5.74) is 2.41. The van der Waals surface area contributed by atoms with E-state index in [0.717, 1.165) is 0 Å². The van der Waals surface area contributed by atoms with E-state index in [1.54, 1.807) is 0 Å². The maximum atomic E-state index is 4.00. The Balaban J connectivity index is 0.000000457. The molecule has 0 aliphatic carbocycles. The maximum absolute atomic E-state index is 4.00. The molecule has 0 aromatic heterocycles. The van der Waals surface area contributed by atoms with Gasteiger partial charge < -0.3 is 5.32 Å². The smallest absolute Gasteiger partial charge is 0.0526 e. The van der Waals surface area contributed by atoms with E-state index in [2.05, 4.69) is 66.7 Å². The highest BCUT2D eigenvalue weighted by Crippen LogP contribution is 2.43. The third-order valence-electron chi connectivity index (χ3n) is 2.26. The molecule has 1 aliphatic heterocycles. The quantitative estimate of drug-likeness (QED) is 0.577. The third kappa shape index (κ3) is 1.91. The SMILES string of the molecule is C#C.c1ccc2c(c1)Nc1ccccc1S2. The van der Waals surface area contributed by atoms with Gasteiger partial charge in [0.1, 0.15) is 0 Å². The van der Waals surface area contributed by atoms with Crippen LogP contribution < -0.4 is 5.32 Å². The van der Waals surface area contributed by atoms with Crippen LogP contribution in [0.2, 0.25) is 0 Å². The van der Waals surface area contributed by atoms with Crippen LogP contribution in [0.1, 0.15) is 0 Å². The molecule has 1 N–H and O–H groups in total. The molecule has 0 radical (unpaired) electrons. The first-order valence-electron chi connectivity index (χ1n) is 4.90. The van der Waals surface area contributed by atoms with Crippen molar-refractivity contribution in [1.29, 1.82) is 0 Å². The number of terminal acetylenes is 1. The lowest BCUT2D eigenvalue weighted by molar-refractivity contribution is 1.32. The zero-order valence-corrected chi connectivity index (χ0v) is 9.50. The van der Waals surface area contributed by atoms with Gasteiger partial charge in [-0.15, -0.1) is 12.8 Å². The minimum atomic E-state index is 1.20. The summed E-state index contributed by atoms with van der Waals surface area (Å²) in [6.45, 7) is 0. The van der Waals surface area contributed by atoms with Gasteiger partial charge in [0.25, 0.3) is 0 Å². The number of benzene rings is 2. The predicted octanol–water partition coefficient (Wildman–Crippen LogP) is 4.14. The molecule has 0 saturated heterocycles. The van der Waals surface area contributed by atoms with E-state index < -0.39 is 0 Å². The summed E-state index contributed by atoms with van der Waals surface area (Å²) in [6, 6.07) is 16.8. The zero-order chi connectivity index (χ0) is 11.4. The topological polar surface area (TPSA) is 12.0 Å². The minimum Gasteiger partial charge on any atom is -0.354 e. The van der Waals surface area contributed by atoms with Gasteiger partial charge in [0.05, 0.1) is 11.4 Å². The molecule has 0 amide bonds. The number of para-hydroxylation sites is 2. The van der Waals surface area contributed by atoms with Crippen molar-refractivity contribution in [2.75, 3.05) is 5.32 Å². The van der Waals surface area contributed by atoms with E-state index >= 15 is 0 Å². The van der Waals surface area contributed by atoms with Crippen molar-refractivity contribution in [3.8, 4) is 12.8 Å². The van der Waals surface area contributed by atoms with Gasteiger partial charge in [0.2, 0.25) is 0 Å². The van der Waals surface area contributed by atoms with Crippen LogP contribution in [0, 0.1) is 12.8 Å². The molecule has 16 heavy (non-hydrogen) atoms. The molecule has 3 rings (SSSR count). The van der Waals surface area contributed by atoms with Crippen LogP contribution in [0.15, 0.2) is 58.3 Å². The maximum Gasteiger partial charge on any atom is 0.0526 e. The Morgan fingerprint density at radius 2 is 1.19 bits per heavy atom. The van der Waals surface area contributed by atoms with Crippen molar-refractivity contribution in [2.24, 2.45) is 0 Å². The van der Waals surface area contributed by atoms with E-state index in [1.165, 1.54) is 21.2 Å². The molecule has 0 saturated carbocycles. The van der Waals surface area contributed by atoms with E-state index in [1.807, 2.05) is 11.8 Å². The lowest BCUT2D eigenvalue weighted by Gasteiger charge is -2.19. The molecule has 0 unspecified atom stereocenters. The van der Waals surface area contributed by atoms with Crippen molar-refractivity contribution in [1.82, 2.24) is 0 Å². The molecule has 2 aromatic rings. The summed E-state index contributed by atoms with van der Waals surface area (Å²) in [5.74, 6) is 0. The molecule has 0 atom stereocenters. The Morgan fingerprint density at radius 3 is 1.69 bits per heavy atom. The zero-order valence-electron chi connectivity index (χ0n) is 8.68. The van der Waals surface area contributed by atoms with Gasteiger partial charge >= 0.3 is 0 Å². The summed E-state index contributed by atoms with van der Waals surface area (Å²) in [6.07, 6.45) is 8.00. The summed E-state index contributed by atoms with van der Waals surface area (Å²) >= 11 is 1.82. The molecule has 2 aromatic carbocycles. The molecule has 1 aliphatic rings. The van der Waals surface area contributed by atoms with Gasteiger partial charge in [-0.2, -0.15) is 0 Å². The van der Waals surface area contributed by atoms with Gasteiger partial charge in [-0.25, -0.2) is 0 Å². The van der Waals surface area contributed by atoms with Gasteiger partial charge in [0, 0.05) is 9.79 Å². The Morgan fingerprint density at radius 1 is 0.750 bits per heavy atom. The minimum absolute atomic E-state index is 1.20. The normalized spacial score (nSPS) is 11.1. The van der Waals surface area contributed by atoms with Crippen LogP contribution >= 0.6 is 11.8 Å². The molecule has 0 bridgehead atoms. The van der Waals surface area contributed by atoms with Crippen molar-refractivity contribution in [3.05, 3.63) is 48.5 Å². The first-order chi connectivity index (χ1) is 7.93. The second kappa shape index (κ2) is 4.78. The lowest BCUT2D eigenvalue weighted by atomic mass is 10.2. The summed E-state index contributed by atoms with van der Waals surface area (Å²) in [4.78, 5) is 2.59. The number of fused-ring (bicyclic) bond motifs is 2. The van der Waals surface area contributed by atoms with E-state index in [0.29, 0.717) is 0 Å². The summed E-state index contributed by atoms with van der Waals surface area (Å²) < 4.78 is 0. The standard InChI is InChI=1S/C12H9NS.C2H2/c1-3-7-11-9(5-1)13-10-6-2-4-8-12(10)14-11;1-2/h1-8,13H;1-2H. The molecule has 1 heterocycles. The summed E-state index contributed by atoms with van der Waals surface area (Å²) in [5, 5.41) is 3.42. The van der Waals surface area contributed by atoms with Crippen LogP contribution in [0.5, 0.6) is 0 Å². The van der Waals surface area contributed by atoms with Gasteiger partial charge in [-0.05, 0) is 24.3 Å². The predicted molar refractivity (Wildman–Crippen MR) is 70.2 cm³/mol. The fourth-order valence-electron chi connectivity index (χ4n) is 1.58. The number of hydrogen-bond acceptors (Lipinski definition) is 2. The highest BCUT2D eigenvalue weighted by atomic mass is 32.2. The fourth-order valence-corrected chi connectivity index (χ4v) is 2.57. The Bertz CT molecular complexity index is 429. The van der Waals surface area contributed by atoms with Gasteiger partial charge in [-0.3, -0.25) is 0 Å². The first kappa shape index (κ1) is 10.7. The van der Waals surface area contributed by atoms with Crippen LogP contribution in [-0.2, 0) is 0 Å². The second-order valence-electron chi connectivity index (χ2n) is 3.22. The molecule has 2 heteroatoms.